The molecule has 0 aliphatic carbocycles. The summed E-state index contributed by atoms with van der Waals surface area (Å²) in [5, 5.41) is 2.84. The van der Waals surface area contributed by atoms with Gasteiger partial charge in [-0.1, -0.05) is 0 Å². The molecule has 0 unspecified atom stereocenters. The van der Waals surface area contributed by atoms with Gasteiger partial charge in [-0.2, -0.15) is 11.8 Å². The zero-order chi connectivity index (χ0) is 15.6. The predicted octanol–water partition coefficient (Wildman–Crippen LogP) is 1.29. The fourth-order valence-electron chi connectivity index (χ4n) is 2.48. The lowest BCUT2D eigenvalue weighted by Gasteiger charge is -2.33. The van der Waals surface area contributed by atoms with Gasteiger partial charge in [0.25, 0.3) is 5.91 Å². The first-order valence-electron chi connectivity index (χ1n) is 7.10. The van der Waals surface area contributed by atoms with Gasteiger partial charge in [0.15, 0.2) is 0 Å². The van der Waals surface area contributed by atoms with Crippen molar-refractivity contribution >= 4 is 23.6 Å². The van der Waals surface area contributed by atoms with Crippen molar-refractivity contribution in [3.8, 4) is 0 Å². The van der Waals surface area contributed by atoms with E-state index in [4.69, 9.17) is 0 Å². The van der Waals surface area contributed by atoms with Crippen LogP contribution in [0.15, 0.2) is 6.20 Å². The van der Waals surface area contributed by atoms with Gasteiger partial charge >= 0.3 is 0 Å². The Bertz CT molecular complexity index is 541. The third-order valence-corrected chi connectivity index (χ3v) is 4.01. The summed E-state index contributed by atoms with van der Waals surface area (Å²) in [6, 6.07) is -0.0210. The summed E-state index contributed by atoms with van der Waals surface area (Å²) in [6.07, 6.45) is 3.70. The quantitative estimate of drug-likeness (QED) is 0.910. The van der Waals surface area contributed by atoms with Crippen molar-refractivity contribution in [2.45, 2.75) is 39.4 Å². The Balaban J connectivity index is 2.18. The molecule has 1 aromatic heterocycles. The van der Waals surface area contributed by atoms with Gasteiger partial charge in [-0.15, -0.1) is 0 Å². The van der Waals surface area contributed by atoms with Gasteiger partial charge in [0, 0.05) is 25.3 Å². The van der Waals surface area contributed by atoms with Gasteiger partial charge in [0.05, 0.1) is 11.8 Å². The summed E-state index contributed by atoms with van der Waals surface area (Å²) < 4.78 is 1.97. The summed E-state index contributed by atoms with van der Waals surface area (Å²) in [4.78, 5) is 30.4. The highest BCUT2D eigenvalue weighted by Gasteiger charge is 2.30. The molecule has 1 N–H and O–H groups in total. The van der Waals surface area contributed by atoms with Gasteiger partial charge in [-0.3, -0.25) is 9.59 Å². The highest BCUT2D eigenvalue weighted by Crippen LogP contribution is 2.25. The molecule has 2 rings (SSSR count). The van der Waals surface area contributed by atoms with Gasteiger partial charge in [0.1, 0.15) is 11.5 Å². The van der Waals surface area contributed by atoms with Crippen LogP contribution in [0.2, 0.25) is 0 Å². The Morgan fingerprint density at radius 2 is 2.19 bits per heavy atom. The van der Waals surface area contributed by atoms with Crippen molar-refractivity contribution in [3.63, 3.8) is 0 Å². The van der Waals surface area contributed by atoms with E-state index >= 15 is 0 Å². The van der Waals surface area contributed by atoms with Crippen LogP contribution in [0.3, 0.4) is 0 Å². The molecule has 0 bridgehead atoms. The number of nitrogens with zero attached hydrogens (tertiary/aromatic N) is 3. The largest absolute Gasteiger partial charge is 0.348 e. The first-order chi connectivity index (χ1) is 9.93. The average molecular weight is 310 g/mol. The number of hydrogen-bond donors (Lipinski definition) is 1. The van der Waals surface area contributed by atoms with Crippen LogP contribution in [0.4, 0.5) is 0 Å². The van der Waals surface area contributed by atoms with Crippen molar-refractivity contribution in [3.05, 3.63) is 17.7 Å². The van der Waals surface area contributed by atoms with E-state index in [9.17, 15) is 9.59 Å². The Morgan fingerprint density at radius 3 is 2.81 bits per heavy atom. The number of carbonyl (C=O) groups is 2. The van der Waals surface area contributed by atoms with E-state index in [0.29, 0.717) is 24.5 Å². The third kappa shape index (κ3) is 3.40. The molecule has 0 spiro atoms. The number of hydrogen-bond acceptors (Lipinski definition) is 4. The van der Waals surface area contributed by atoms with Crippen molar-refractivity contribution in [2.24, 2.45) is 0 Å². The smallest absolute Gasteiger partial charge is 0.271 e. The van der Waals surface area contributed by atoms with Crippen LogP contribution < -0.4 is 5.32 Å². The average Bonchev–Trinajstić information content (AvgIpc) is 2.83. The molecule has 2 amide bonds. The molecule has 1 aliphatic heterocycles. The molecular formula is C14H22N4O2S. The maximum atomic E-state index is 12.1. The van der Waals surface area contributed by atoms with E-state index in [-0.39, 0.29) is 23.9 Å². The number of fused-ring (bicyclic) bond motifs is 1. The van der Waals surface area contributed by atoms with Crippen molar-refractivity contribution < 1.29 is 9.59 Å². The Labute approximate surface area is 129 Å². The molecule has 0 radical (unpaired) electrons. The summed E-state index contributed by atoms with van der Waals surface area (Å²) in [5.41, 5.74) is 0.421. The topological polar surface area (TPSA) is 67.2 Å². The summed E-state index contributed by atoms with van der Waals surface area (Å²) >= 11 is 1.52. The minimum Gasteiger partial charge on any atom is -0.348 e. The molecule has 116 valence electrons. The second-order valence-corrected chi connectivity index (χ2v) is 6.37. The zero-order valence-corrected chi connectivity index (χ0v) is 13.7. The van der Waals surface area contributed by atoms with Gasteiger partial charge in [-0.25, -0.2) is 4.98 Å². The Kier molecular flexibility index (Phi) is 4.92. The second kappa shape index (κ2) is 6.51. The van der Waals surface area contributed by atoms with E-state index in [1.54, 1.807) is 6.20 Å². The molecule has 1 aliphatic rings. The molecule has 7 heteroatoms. The summed E-state index contributed by atoms with van der Waals surface area (Å²) in [7, 11) is 0. The first-order valence-corrected chi connectivity index (χ1v) is 8.49. The van der Waals surface area contributed by atoms with Crippen LogP contribution in [0, 0.1) is 0 Å². The molecule has 6 nitrogen and oxygen atoms in total. The molecule has 0 saturated heterocycles. The third-order valence-electron chi connectivity index (χ3n) is 3.47. The van der Waals surface area contributed by atoms with Crippen LogP contribution in [0.1, 0.15) is 43.1 Å². The van der Waals surface area contributed by atoms with E-state index in [1.807, 2.05) is 36.5 Å². The lowest BCUT2D eigenvalue weighted by atomic mass is 10.2. The van der Waals surface area contributed by atoms with Gasteiger partial charge in [0.2, 0.25) is 5.91 Å². The number of thioether (sulfide) groups is 1. The monoisotopic (exact) mass is 310 g/mol. The van der Waals surface area contributed by atoms with Crippen molar-refractivity contribution in [2.75, 3.05) is 18.6 Å². The van der Waals surface area contributed by atoms with Crippen LogP contribution in [-0.2, 0) is 11.3 Å². The normalized spacial score (nSPS) is 17.8. The molecule has 1 aromatic rings. The van der Waals surface area contributed by atoms with Crippen LogP contribution >= 0.6 is 11.8 Å². The van der Waals surface area contributed by atoms with E-state index in [0.717, 1.165) is 5.82 Å². The van der Waals surface area contributed by atoms with E-state index < -0.39 is 0 Å². The van der Waals surface area contributed by atoms with Gasteiger partial charge in [-0.05, 0) is 27.0 Å². The van der Waals surface area contributed by atoms with Gasteiger partial charge < -0.3 is 14.8 Å². The van der Waals surface area contributed by atoms with E-state index in [2.05, 4.69) is 10.3 Å². The lowest BCUT2D eigenvalue weighted by molar-refractivity contribution is -0.131. The lowest BCUT2D eigenvalue weighted by Crippen LogP contribution is -2.41. The number of imidazole rings is 1. The van der Waals surface area contributed by atoms with Crippen molar-refractivity contribution in [1.29, 1.82) is 0 Å². The minimum atomic E-state index is -0.166. The standard InChI is InChI=1S/C14H22N4O2S/c1-9(2)15-14(20)11-7-17-5-6-18(12(19)8-21-4)10(3)13(17)16-11/h7,9-10H,5-6,8H2,1-4H3,(H,15,20)/t10-/m1/s1. The fraction of sp³-hybridized carbons (Fsp3) is 0.643. The highest BCUT2D eigenvalue weighted by molar-refractivity contribution is 7.99. The number of aromatic nitrogens is 2. The molecular weight excluding hydrogens is 288 g/mol. The molecule has 21 heavy (non-hydrogen) atoms. The molecule has 1 atom stereocenters. The maximum Gasteiger partial charge on any atom is 0.271 e. The van der Waals surface area contributed by atoms with Crippen molar-refractivity contribution in [1.82, 2.24) is 19.8 Å². The summed E-state index contributed by atoms with van der Waals surface area (Å²) in [5.74, 6) is 1.22. The SMILES string of the molecule is CSCC(=O)N1CCn2cc(C(=O)NC(C)C)nc2[C@H]1C. The zero-order valence-electron chi connectivity index (χ0n) is 12.9. The highest BCUT2D eigenvalue weighted by atomic mass is 32.2. The van der Waals surface area contributed by atoms with Crippen LogP contribution in [0.25, 0.3) is 0 Å². The van der Waals surface area contributed by atoms with Crippen LogP contribution in [-0.4, -0.2) is 50.9 Å². The molecule has 2 heterocycles. The molecule has 0 saturated carbocycles. The van der Waals surface area contributed by atoms with Crippen LogP contribution in [0.5, 0.6) is 0 Å². The second-order valence-electron chi connectivity index (χ2n) is 5.50. The Hall–Kier alpha value is -1.50. The fourth-order valence-corrected chi connectivity index (χ4v) is 2.90. The molecule has 0 fully saturated rings. The predicted molar refractivity (Wildman–Crippen MR) is 83.3 cm³/mol. The Morgan fingerprint density at radius 1 is 1.48 bits per heavy atom. The molecule has 0 aromatic carbocycles. The van der Waals surface area contributed by atoms with E-state index in [1.165, 1.54) is 11.8 Å². The number of amides is 2. The first kappa shape index (κ1) is 15.9. The summed E-state index contributed by atoms with van der Waals surface area (Å²) in [6.45, 7) is 7.13. The minimum absolute atomic E-state index is 0.0771. The number of carbonyl (C=O) groups excluding carboxylic acids is 2. The number of rotatable bonds is 4. The number of nitrogens with one attached hydrogen (secondary N) is 1. The maximum absolute atomic E-state index is 12.1.